The molecule has 98 valence electrons. The average molecular weight is 246 g/mol. The Labute approximate surface area is 110 Å². The molecule has 0 aliphatic rings. The molecular formula is C15H22N2O. The molecule has 0 saturated carbocycles. The van der Waals surface area contributed by atoms with E-state index >= 15 is 0 Å². The Morgan fingerprint density at radius 3 is 2.72 bits per heavy atom. The van der Waals surface area contributed by atoms with Crippen LogP contribution in [-0.4, -0.2) is 38.7 Å². The highest BCUT2D eigenvalue weighted by Crippen LogP contribution is 2.16. The van der Waals surface area contributed by atoms with E-state index in [1.165, 1.54) is 0 Å². The normalized spacial score (nSPS) is 10.1. The highest BCUT2D eigenvalue weighted by Gasteiger charge is 1.99. The molecule has 18 heavy (non-hydrogen) atoms. The summed E-state index contributed by atoms with van der Waals surface area (Å²) in [6.45, 7) is 4.21. The van der Waals surface area contributed by atoms with E-state index in [2.05, 4.69) is 30.8 Å². The van der Waals surface area contributed by atoms with Crippen LogP contribution in [0.2, 0.25) is 0 Å². The molecule has 0 saturated heterocycles. The summed E-state index contributed by atoms with van der Waals surface area (Å²) < 4.78 is 5.70. The van der Waals surface area contributed by atoms with Crippen molar-refractivity contribution < 1.29 is 4.74 Å². The maximum absolute atomic E-state index is 5.70. The van der Waals surface area contributed by atoms with Gasteiger partial charge in [-0.3, -0.25) is 0 Å². The van der Waals surface area contributed by atoms with Crippen LogP contribution in [-0.2, 0) is 0 Å². The van der Waals surface area contributed by atoms with Crippen molar-refractivity contribution in [2.75, 3.05) is 33.8 Å². The quantitative estimate of drug-likeness (QED) is 0.634. The fraction of sp³-hybridized carbons (Fsp3) is 0.467. The Bertz CT molecular complexity index is 430. The predicted molar refractivity (Wildman–Crippen MR) is 75.8 cm³/mol. The highest BCUT2D eigenvalue weighted by atomic mass is 16.5. The molecule has 1 rings (SSSR count). The largest absolute Gasteiger partial charge is 0.494 e. The summed E-state index contributed by atoms with van der Waals surface area (Å²) in [4.78, 5) is 2.15. The second-order valence-corrected chi connectivity index (χ2v) is 4.49. The van der Waals surface area contributed by atoms with Crippen LogP contribution in [0.3, 0.4) is 0 Å². The molecule has 0 spiro atoms. The average Bonchev–Trinajstić information content (AvgIpc) is 2.33. The first kappa shape index (κ1) is 14.6. The van der Waals surface area contributed by atoms with Gasteiger partial charge >= 0.3 is 0 Å². The van der Waals surface area contributed by atoms with Crippen molar-refractivity contribution in [3.05, 3.63) is 29.3 Å². The topological polar surface area (TPSA) is 38.5 Å². The standard InChI is InChI=1S/C15H22N2O/c1-13-12-15(18-11-5-10-17(2)3)8-7-14(13)6-4-9-16/h7-8,12H,5,9-11,16H2,1-3H3. The number of benzene rings is 1. The third-order valence-electron chi connectivity index (χ3n) is 2.54. The number of ether oxygens (including phenoxy) is 1. The number of nitrogens with zero attached hydrogens (tertiary/aromatic N) is 1. The minimum atomic E-state index is 0.391. The number of rotatable bonds is 5. The van der Waals surface area contributed by atoms with Gasteiger partial charge in [-0.05, 0) is 51.2 Å². The summed E-state index contributed by atoms with van der Waals surface area (Å²) in [5.41, 5.74) is 7.50. The molecule has 0 radical (unpaired) electrons. The Morgan fingerprint density at radius 2 is 2.11 bits per heavy atom. The molecule has 0 aliphatic carbocycles. The molecule has 1 aromatic rings. The summed E-state index contributed by atoms with van der Waals surface area (Å²) in [7, 11) is 4.13. The van der Waals surface area contributed by atoms with Crippen LogP contribution >= 0.6 is 0 Å². The van der Waals surface area contributed by atoms with Crippen LogP contribution < -0.4 is 10.5 Å². The third kappa shape index (κ3) is 5.22. The zero-order valence-electron chi connectivity index (χ0n) is 11.5. The van der Waals surface area contributed by atoms with Crippen LogP contribution in [0.5, 0.6) is 5.75 Å². The van der Waals surface area contributed by atoms with Gasteiger partial charge in [0.05, 0.1) is 13.2 Å². The molecule has 0 heterocycles. The fourth-order valence-electron chi connectivity index (χ4n) is 1.58. The van der Waals surface area contributed by atoms with Crippen molar-refractivity contribution in [3.63, 3.8) is 0 Å². The molecule has 0 amide bonds. The van der Waals surface area contributed by atoms with Crippen molar-refractivity contribution >= 4 is 0 Å². The fourth-order valence-corrected chi connectivity index (χ4v) is 1.58. The van der Waals surface area contributed by atoms with Crippen molar-refractivity contribution in [1.82, 2.24) is 4.90 Å². The summed E-state index contributed by atoms with van der Waals surface area (Å²) in [6.07, 6.45) is 1.03. The highest BCUT2D eigenvalue weighted by molar-refractivity contribution is 5.44. The van der Waals surface area contributed by atoms with E-state index in [-0.39, 0.29) is 0 Å². The summed E-state index contributed by atoms with van der Waals surface area (Å²) in [6, 6.07) is 5.97. The third-order valence-corrected chi connectivity index (χ3v) is 2.54. The van der Waals surface area contributed by atoms with E-state index < -0.39 is 0 Å². The Morgan fingerprint density at radius 1 is 1.33 bits per heavy atom. The zero-order valence-corrected chi connectivity index (χ0v) is 11.5. The molecule has 3 heteroatoms. The van der Waals surface area contributed by atoms with Crippen LogP contribution in [0.1, 0.15) is 17.5 Å². The molecule has 0 atom stereocenters. The zero-order chi connectivity index (χ0) is 13.4. The van der Waals surface area contributed by atoms with Gasteiger partial charge in [0.2, 0.25) is 0 Å². The lowest BCUT2D eigenvalue weighted by Gasteiger charge is -2.11. The van der Waals surface area contributed by atoms with Gasteiger partial charge in [-0.2, -0.15) is 0 Å². The first-order valence-corrected chi connectivity index (χ1v) is 6.20. The van der Waals surface area contributed by atoms with Crippen LogP contribution in [0.15, 0.2) is 18.2 Å². The molecule has 0 aliphatic heterocycles. The number of hydrogen-bond donors (Lipinski definition) is 1. The van der Waals surface area contributed by atoms with Gasteiger partial charge in [-0.15, -0.1) is 0 Å². The molecule has 2 N–H and O–H groups in total. The minimum absolute atomic E-state index is 0.391. The van der Waals surface area contributed by atoms with Crippen molar-refractivity contribution in [1.29, 1.82) is 0 Å². The first-order valence-electron chi connectivity index (χ1n) is 6.20. The van der Waals surface area contributed by atoms with Gasteiger partial charge in [0.15, 0.2) is 0 Å². The van der Waals surface area contributed by atoms with Crippen LogP contribution in [0.4, 0.5) is 0 Å². The lowest BCUT2D eigenvalue weighted by atomic mass is 10.1. The van der Waals surface area contributed by atoms with E-state index in [4.69, 9.17) is 10.5 Å². The number of aryl methyl sites for hydroxylation is 1. The molecule has 0 aromatic heterocycles. The molecule has 0 bridgehead atoms. The Kier molecular flexibility index (Phi) is 6.27. The smallest absolute Gasteiger partial charge is 0.119 e. The summed E-state index contributed by atoms with van der Waals surface area (Å²) >= 11 is 0. The second kappa shape index (κ2) is 7.75. The Balaban J connectivity index is 2.51. The van der Waals surface area contributed by atoms with Crippen molar-refractivity contribution in [3.8, 4) is 17.6 Å². The van der Waals surface area contributed by atoms with Crippen molar-refractivity contribution in [2.45, 2.75) is 13.3 Å². The minimum Gasteiger partial charge on any atom is -0.494 e. The maximum Gasteiger partial charge on any atom is 0.119 e. The maximum atomic E-state index is 5.70. The summed E-state index contributed by atoms with van der Waals surface area (Å²) in [5.74, 6) is 6.81. The van der Waals surface area contributed by atoms with E-state index in [1.54, 1.807) is 0 Å². The van der Waals surface area contributed by atoms with E-state index in [0.717, 1.165) is 36.4 Å². The monoisotopic (exact) mass is 246 g/mol. The molecule has 0 fully saturated rings. The van der Waals surface area contributed by atoms with Gasteiger partial charge in [0.1, 0.15) is 5.75 Å². The summed E-state index contributed by atoms with van der Waals surface area (Å²) in [5, 5.41) is 0. The number of hydrogen-bond acceptors (Lipinski definition) is 3. The van der Waals surface area contributed by atoms with Crippen LogP contribution in [0.25, 0.3) is 0 Å². The van der Waals surface area contributed by atoms with E-state index in [1.807, 2.05) is 25.1 Å². The van der Waals surface area contributed by atoms with Gasteiger partial charge < -0.3 is 15.4 Å². The molecule has 3 nitrogen and oxygen atoms in total. The lowest BCUT2D eigenvalue weighted by Crippen LogP contribution is -2.15. The van der Waals surface area contributed by atoms with E-state index in [0.29, 0.717) is 6.54 Å². The van der Waals surface area contributed by atoms with Gasteiger partial charge in [-0.1, -0.05) is 11.8 Å². The van der Waals surface area contributed by atoms with Gasteiger partial charge in [0.25, 0.3) is 0 Å². The van der Waals surface area contributed by atoms with Gasteiger partial charge in [-0.25, -0.2) is 0 Å². The van der Waals surface area contributed by atoms with Gasteiger partial charge in [0, 0.05) is 12.1 Å². The molecular weight excluding hydrogens is 224 g/mol. The van der Waals surface area contributed by atoms with E-state index in [9.17, 15) is 0 Å². The van der Waals surface area contributed by atoms with Crippen LogP contribution in [0, 0.1) is 18.8 Å². The predicted octanol–water partition coefficient (Wildman–Crippen LogP) is 1.64. The molecule has 1 aromatic carbocycles. The SMILES string of the molecule is Cc1cc(OCCCN(C)C)ccc1C#CCN. The second-order valence-electron chi connectivity index (χ2n) is 4.49. The first-order chi connectivity index (χ1) is 8.63. The van der Waals surface area contributed by atoms with Crippen molar-refractivity contribution in [2.24, 2.45) is 5.73 Å². The Hall–Kier alpha value is -1.50. The lowest BCUT2D eigenvalue weighted by molar-refractivity contribution is 0.281. The molecule has 0 unspecified atom stereocenters. The number of nitrogens with two attached hydrogens (primary N) is 1.